The lowest BCUT2D eigenvalue weighted by Gasteiger charge is -2.47. The summed E-state index contributed by atoms with van der Waals surface area (Å²) < 4.78 is 11.8. The number of hydrogen-bond donors (Lipinski definition) is 0. The van der Waals surface area contributed by atoms with Gasteiger partial charge in [0.2, 0.25) is 0 Å². The second-order valence-electron chi connectivity index (χ2n) is 10.9. The van der Waals surface area contributed by atoms with E-state index in [0.717, 1.165) is 5.56 Å². The number of fused-ring (bicyclic) bond motifs is 5. The smallest absolute Gasteiger partial charge is 0.410 e. The first-order valence-corrected chi connectivity index (χ1v) is 13.3. The summed E-state index contributed by atoms with van der Waals surface area (Å²) in [6, 6.07) is 22.8. The van der Waals surface area contributed by atoms with Crippen LogP contribution in [-0.2, 0) is 20.7 Å². The van der Waals surface area contributed by atoms with Crippen LogP contribution in [0.2, 0.25) is 0 Å². The Hall–Kier alpha value is -3.44. The first-order valence-electron chi connectivity index (χ1n) is 13.3. The lowest BCUT2D eigenvalue weighted by atomic mass is 9.81. The number of hydrogen-bond acceptors (Lipinski definition) is 4. The number of ether oxygens (including phenoxy) is 2. The highest BCUT2D eigenvalue weighted by Gasteiger charge is 2.44. The van der Waals surface area contributed by atoms with Crippen molar-refractivity contribution in [3.05, 3.63) is 94.5 Å². The Labute approximate surface area is 218 Å². The first kappa shape index (κ1) is 23.9. The van der Waals surface area contributed by atoms with Crippen LogP contribution < -0.4 is 0 Å². The topological polar surface area (TPSA) is 55.8 Å². The molecule has 2 unspecified atom stereocenters. The van der Waals surface area contributed by atoms with E-state index in [1.165, 1.54) is 33.4 Å². The molecule has 1 amide bonds. The molecule has 0 radical (unpaired) electrons. The van der Waals surface area contributed by atoms with Crippen LogP contribution in [0.1, 0.15) is 46.6 Å². The van der Waals surface area contributed by atoms with E-state index in [9.17, 15) is 9.59 Å². The summed E-state index contributed by atoms with van der Waals surface area (Å²) >= 11 is 0. The van der Waals surface area contributed by atoms with Gasteiger partial charge >= 0.3 is 6.09 Å². The third kappa shape index (κ3) is 4.57. The zero-order valence-corrected chi connectivity index (χ0v) is 21.5. The minimum Gasteiger partial charge on any atom is -0.448 e. The Morgan fingerprint density at radius 1 is 0.865 bits per heavy atom. The van der Waals surface area contributed by atoms with Crippen molar-refractivity contribution in [2.24, 2.45) is 5.92 Å². The van der Waals surface area contributed by atoms with E-state index in [-0.39, 0.29) is 35.8 Å². The van der Waals surface area contributed by atoms with Gasteiger partial charge in [0, 0.05) is 18.3 Å². The van der Waals surface area contributed by atoms with Gasteiger partial charge in [-0.15, -0.1) is 0 Å². The van der Waals surface area contributed by atoms with Crippen LogP contribution in [0.3, 0.4) is 0 Å². The maximum absolute atomic E-state index is 13.4. The molecule has 5 heteroatoms. The number of amides is 1. The Bertz CT molecular complexity index is 1270. The molecule has 3 aromatic carbocycles. The van der Waals surface area contributed by atoms with Gasteiger partial charge in [0.15, 0.2) is 0 Å². The van der Waals surface area contributed by atoms with E-state index < -0.39 is 0 Å². The molecule has 2 atom stereocenters. The summed E-state index contributed by atoms with van der Waals surface area (Å²) in [7, 11) is 0. The van der Waals surface area contributed by atoms with Gasteiger partial charge in [0.05, 0.1) is 25.3 Å². The molecule has 0 N–H and O–H groups in total. The third-order valence-electron chi connectivity index (χ3n) is 8.18. The first-order chi connectivity index (χ1) is 18.0. The summed E-state index contributed by atoms with van der Waals surface area (Å²) in [4.78, 5) is 28.5. The fourth-order valence-electron chi connectivity index (χ4n) is 6.66. The van der Waals surface area contributed by atoms with Gasteiger partial charge in [-0.3, -0.25) is 9.69 Å². The zero-order valence-electron chi connectivity index (χ0n) is 21.5. The van der Waals surface area contributed by atoms with Crippen molar-refractivity contribution in [2.45, 2.75) is 51.1 Å². The molecule has 2 bridgehead atoms. The molecule has 190 valence electrons. The molecule has 5 nitrogen and oxygen atoms in total. The Balaban J connectivity index is 1.13. The maximum atomic E-state index is 13.4. The normalized spacial score (nSPS) is 22.3. The number of carbonyl (C=O) groups is 2. The van der Waals surface area contributed by atoms with Crippen molar-refractivity contribution >= 4 is 11.9 Å². The number of piperidine rings is 1. The van der Waals surface area contributed by atoms with E-state index >= 15 is 0 Å². The third-order valence-corrected chi connectivity index (χ3v) is 8.18. The standard InChI is InChI=1S/C32H33NO4/c1-20-11-21(2)13-22(12-20)14-31(34)23-15-24-17-36-18-25(16-23)33(24)32(35)37-19-30-28-9-5-3-7-26(28)27-8-4-6-10-29(27)30/h3-13,23-25,30H,14-19H2,1-2H3. The average Bonchev–Trinajstić information content (AvgIpc) is 3.19. The molecule has 1 aliphatic carbocycles. The monoisotopic (exact) mass is 495 g/mol. The van der Waals surface area contributed by atoms with Gasteiger partial charge in [0.25, 0.3) is 0 Å². The number of ketones is 1. The van der Waals surface area contributed by atoms with Gasteiger partial charge < -0.3 is 9.47 Å². The number of rotatable bonds is 5. The summed E-state index contributed by atoms with van der Waals surface area (Å²) in [5.41, 5.74) is 8.27. The van der Waals surface area contributed by atoms with Gasteiger partial charge in [-0.2, -0.15) is 0 Å². The van der Waals surface area contributed by atoms with E-state index in [1.807, 2.05) is 17.0 Å². The van der Waals surface area contributed by atoms with E-state index in [0.29, 0.717) is 39.1 Å². The molecule has 2 aliphatic heterocycles. The fraction of sp³-hybridized carbons (Fsp3) is 0.375. The van der Waals surface area contributed by atoms with Crippen molar-refractivity contribution in [1.29, 1.82) is 0 Å². The van der Waals surface area contributed by atoms with Crippen molar-refractivity contribution in [1.82, 2.24) is 4.90 Å². The second-order valence-corrected chi connectivity index (χ2v) is 10.9. The molecule has 3 aromatic rings. The number of morpholine rings is 1. The molecule has 2 saturated heterocycles. The van der Waals surface area contributed by atoms with E-state index in [1.54, 1.807) is 0 Å². The molecule has 0 saturated carbocycles. The molecular formula is C32H33NO4. The van der Waals surface area contributed by atoms with Crippen LogP contribution in [0.15, 0.2) is 66.7 Å². The SMILES string of the molecule is Cc1cc(C)cc(CC(=O)C2CC3COCC(C2)N3C(=O)OCC2c3ccccc3-c3ccccc32)c1. The molecule has 0 aromatic heterocycles. The predicted molar refractivity (Wildman–Crippen MR) is 143 cm³/mol. The molecule has 2 fully saturated rings. The van der Waals surface area contributed by atoms with Crippen LogP contribution in [0.5, 0.6) is 0 Å². The Kier molecular flexibility index (Phi) is 6.33. The molecule has 37 heavy (non-hydrogen) atoms. The molecule has 2 heterocycles. The summed E-state index contributed by atoms with van der Waals surface area (Å²) in [5, 5.41) is 0. The fourth-order valence-corrected chi connectivity index (χ4v) is 6.66. The predicted octanol–water partition coefficient (Wildman–Crippen LogP) is 5.84. The van der Waals surface area contributed by atoms with Crippen LogP contribution >= 0.6 is 0 Å². The van der Waals surface area contributed by atoms with Crippen LogP contribution in [0, 0.1) is 19.8 Å². The van der Waals surface area contributed by atoms with Crippen molar-refractivity contribution in [3.8, 4) is 11.1 Å². The highest BCUT2D eigenvalue weighted by Crippen LogP contribution is 2.44. The largest absolute Gasteiger partial charge is 0.448 e. The number of benzene rings is 3. The number of nitrogens with zero attached hydrogens (tertiary/aromatic N) is 1. The van der Waals surface area contributed by atoms with Gasteiger partial charge in [-0.05, 0) is 54.5 Å². The average molecular weight is 496 g/mol. The Morgan fingerprint density at radius 3 is 2.03 bits per heavy atom. The van der Waals surface area contributed by atoms with Crippen LogP contribution in [0.4, 0.5) is 4.79 Å². The van der Waals surface area contributed by atoms with Gasteiger partial charge in [-0.1, -0.05) is 77.9 Å². The molecule has 3 aliphatic rings. The minimum atomic E-state index is -0.291. The number of carbonyl (C=O) groups excluding carboxylic acids is 2. The lowest BCUT2D eigenvalue weighted by Crippen LogP contribution is -2.60. The Morgan fingerprint density at radius 2 is 1.43 bits per heavy atom. The van der Waals surface area contributed by atoms with Crippen LogP contribution in [0.25, 0.3) is 11.1 Å². The quantitative estimate of drug-likeness (QED) is 0.446. The summed E-state index contributed by atoms with van der Waals surface area (Å²) in [5.74, 6) is 0.232. The maximum Gasteiger partial charge on any atom is 0.410 e. The van der Waals surface area contributed by atoms with E-state index in [4.69, 9.17) is 9.47 Å². The van der Waals surface area contributed by atoms with Crippen LogP contribution in [-0.4, -0.2) is 48.7 Å². The summed E-state index contributed by atoms with van der Waals surface area (Å²) in [6.45, 7) is 5.34. The van der Waals surface area contributed by atoms with Crippen molar-refractivity contribution in [3.63, 3.8) is 0 Å². The second kappa shape index (κ2) is 9.79. The van der Waals surface area contributed by atoms with Crippen molar-refractivity contribution < 1.29 is 19.1 Å². The van der Waals surface area contributed by atoms with Gasteiger partial charge in [0.1, 0.15) is 12.4 Å². The van der Waals surface area contributed by atoms with Crippen molar-refractivity contribution in [2.75, 3.05) is 19.8 Å². The number of aryl methyl sites for hydroxylation is 2. The van der Waals surface area contributed by atoms with E-state index in [2.05, 4.69) is 68.4 Å². The molecular weight excluding hydrogens is 462 g/mol. The molecule has 6 rings (SSSR count). The zero-order chi connectivity index (χ0) is 25.5. The van der Waals surface area contributed by atoms with Gasteiger partial charge in [-0.25, -0.2) is 4.79 Å². The summed E-state index contributed by atoms with van der Waals surface area (Å²) in [6.07, 6.45) is 1.41. The lowest BCUT2D eigenvalue weighted by molar-refractivity contribution is -0.130. The highest BCUT2D eigenvalue weighted by molar-refractivity contribution is 5.84. The highest BCUT2D eigenvalue weighted by atomic mass is 16.6. The molecule has 0 spiro atoms. The minimum absolute atomic E-state index is 0.0318. The number of Topliss-reactive ketones (excluding diaryl/α,β-unsaturated/α-hetero) is 1.